The molecule has 0 aliphatic heterocycles. The molecule has 0 fully saturated rings. The summed E-state index contributed by atoms with van der Waals surface area (Å²) in [6, 6.07) is 5.95. The van der Waals surface area contributed by atoms with Gasteiger partial charge in [0.25, 0.3) is 5.91 Å². The first-order chi connectivity index (χ1) is 10.8. The van der Waals surface area contributed by atoms with Crippen LogP contribution in [0.15, 0.2) is 36.5 Å². The molecule has 2 aromatic rings. The average Bonchev–Trinajstić information content (AvgIpc) is 2.52. The maximum atomic E-state index is 12.6. The highest BCUT2D eigenvalue weighted by atomic mass is 19.4. The number of carbonyl (C=O) groups is 1. The average molecular weight is 324 g/mol. The van der Waals surface area contributed by atoms with Crippen LogP contribution in [0.2, 0.25) is 0 Å². The third kappa shape index (κ3) is 4.41. The highest BCUT2D eigenvalue weighted by molar-refractivity contribution is 5.94. The molecule has 1 amide bonds. The minimum absolute atomic E-state index is 0.0246. The van der Waals surface area contributed by atoms with E-state index in [0.717, 1.165) is 12.1 Å². The van der Waals surface area contributed by atoms with E-state index in [1.54, 1.807) is 17.2 Å². The van der Waals surface area contributed by atoms with Gasteiger partial charge in [0.15, 0.2) is 0 Å². The topological polar surface area (TPSA) is 58.1 Å². The minimum atomic E-state index is -4.49. The van der Waals surface area contributed by atoms with E-state index >= 15 is 0 Å². The lowest BCUT2D eigenvalue weighted by molar-refractivity contribution is -0.137. The molecular formula is C15H15F3N4O. The summed E-state index contributed by atoms with van der Waals surface area (Å²) >= 11 is 0. The van der Waals surface area contributed by atoms with Gasteiger partial charge >= 0.3 is 6.18 Å². The van der Waals surface area contributed by atoms with Crippen LogP contribution in [-0.4, -0.2) is 30.0 Å². The van der Waals surface area contributed by atoms with Crippen molar-refractivity contribution in [2.24, 2.45) is 0 Å². The minimum Gasteiger partial charge on any atom is -0.363 e. The smallest absolute Gasteiger partial charge is 0.363 e. The van der Waals surface area contributed by atoms with E-state index in [0.29, 0.717) is 11.6 Å². The number of hydrogen-bond acceptors (Lipinski definition) is 4. The van der Waals surface area contributed by atoms with Crippen molar-refractivity contribution in [1.29, 1.82) is 0 Å². The van der Waals surface area contributed by atoms with Gasteiger partial charge < -0.3 is 10.2 Å². The Morgan fingerprint density at radius 1 is 1.26 bits per heavy atom. The van der Waals surface area contributed by atoms with Crippen molar-refractivity contribution in [3.05, 3.63) is 53.5 Å². The van der Waals surface area contributed by atoms with Crippen molar-refractivity contribution in [2.45, 2.75) is 12.7 Å². The number of amides is 1. The van der Waals surface area contributed by atoms with Crippen molar-refractivity contribution in [1.82, 2.24) is 15.3 Å². The zero-order chi connectivity index (χ0) is 17.0. The van der Waals surface area contributed by atoms with Crippen LogP contribution in [0.4, 0.5) is 19.0 Å². The van der Waals surface area contributed by atoms with Gasteiger partial charge in [-0.1, -0.05) is 6.07 Å². The van der Waals surface area contributed by atoms with E-state index in [-0.39, 0.29) is 12.1 Å². The molecule has 0 saturated carbocycles. The molecule has 122 valence electrons. The Morgan fingerprint density at radius 3 is 2.65 bits per heavy atom. The van der Waals surface area contributed by atoms with Gasteiger partial charge in [-0.25, -0.2) is 9.97 Å². The molecule has 0 unspecified atom stereocenters. The molecule has 1 N–H and O–H groups in total. The van der Waals surface area contributed by atoms with Gasteiger partial charge in [0.2, 0.25) is 0 Å². The summed E-state index contributed by atoms with van der Waals surface area (Å²) in [6.07, 6.45) is -2.94. The molecule has 8 heteroatoms. The molecule has 0 atom stereocenters. The fourth-order valence-electron chi connectivity index (χ4n) is 1.82. The molecule has 1 heterocycles. The quantitative estimate of drug-likeness (QED) is 0.939. The molecule has 0 bridgehead atoms. The van der Waals surface area contributed by atoms with Gasteiger partial charge in [0.05, 0.1) is 12.1 Å². The van der Waals surface area contributed by atoms with E-state index in [1.165, 1.54) is 12.1 Å². The third-order valence-corrected chi connectivity index (χ3v) is 3.01. The molecule has 0 spiro atoms. The summed E-state index contributed by atoms with van der Waals surface area (Å²) in [5, 5.41) is 2.51. The van der Waals surface area contributed by atoms with Crippen LogP contribution in [0, 0.1) is 0 Å². The molecule has 0 radical (unpaired) electrons. The van der Waals surface area contributed by atoms with Crippen LogP contribution < -0.4 is 10.2 Å². The lowest BCUT2D eigenvalue weighted by Crippen LogP contribution is -2.25. The van der Waals surface area contributed by atoms with Crippen molar-refractivity contribution >= 4 is 11.7 Å². The number of benzene rings is 1. The molecule has 1 aromatic heterocycles. The number of rotatable bonds is 4. The number of anilines is 1. The van der Waals surface area contributed by atoms with E-state index in [1.807, 2.05) is 14.1 Å². The SMILES string of the molecule is CN(C)c1ccnc(CNC(=O)c2cccc(C(F)(F)F)c2)n1. The van der Waals surface area contributed by atoms with E-state index in [4.69, 9.17) is 0 Å². The predicted octanol–water partition coefficient (Wildman–Crippen LogP) is 2.49. The monoisotopic (exact) mass is 324 g/mol. The summed E-state index contributed by atoms with van der Waals surface area (Å²) < 4.78 is 37.9. The lowest BCUT2D eigenvalue weighted by atomic mass is 10.1. The van der Waals surface area contributed by atoms with Crippen LogP contribution >= 0.6 is 0 Å². The summed E-state index contributed by atoms with van der Waals surface area (Å²) in [6.45, 7) is 0.0246. The van der Waals surface area contributed by atoms with Gasteiger partial charge in [-0.2, -0.15) is 13.2 Å². The Kier molecular flexibility index (Phi) is 4.83. The fraction of sp³-hybridized carbons (Fsp3) is 0.267. The molecule has 2 rings (SSSR count). The Bertz CT molecular complexity index is 701. The first-order valence-electron chi connectivity index (χ1n) is 6.72. The summed E-state index contributed by atoms with van der Waals surface area (Å²) in [5.41, 5.74) is -0.931. The first kappa shape index (κ1) is 16.7. The zero-order valence-corrected chi connectivity index (χ0v) is 12.6. The molecule has 0 aliphatic carbocycles. The second-order valence-corrected chi connectivity index (χ2v) is 4.99. The Balaban J connectivity index is 2.07. The first-order valence-corrected chi connectivity index (χ1v) is 6.72. The largest absolute Gasteiger partial charge is 0.416 e. The van der Waals surface area contributed by atoms with Gasteiger partial charge in [-0.15, -0.1) is 0 Å². The van der Waals surface area contributed by atoms with Crippen molar-refractivity contribution in [2.75, 3.05) is 19.0 Å². The van der Waals surface area contributed by atoms with Gasteiger partial charge in [0, 0.05) is 25.9 Å². The Labute approximate surface area is 131 Å². The number of alkyl halides is 3. The molecular weight excluding hydrogens is 309 g/mol. The highest BCUT2D eigenvalue weighted by Gasteiger charge is 2.30. The molecule has 0 saturated heterocycles. The molecule has 5 nitrogen and oxygen atoms in total. The van der Waals surface area contributed by atoms with Crippen molar-refractivity contribution in [3.8, 4) is 0 Å². The molecule has 23 heavy (non-hydrogen) atoms. The number of nitrogens with zero attached hydrogens (tertiary/aromatic N) is 3. The number of carbonyl (C=O) groups excluding carboxylic acids is 1. The summed E-state index contributed by atoms with van der Waals surface area (Å²) in [5.74, 6) is 0.426. The number of hydrogen-bond donors (Lipinski definition) is 1. The molecule has 0 aliphatic rings. The standard InChI is InChI=1S/C15H15F3N4O/c1-22(2)13-6-7-19-12(21-13)9-20-14(23)10-4-3-5-11(8-10)15(16,17)18/h3-8H,9H2,1-2H3,(H,20,23). The van der Waals surface area contributed by atoms with Crippen molar-refractivity contribution < 1.29 is 18.0 Å². The van der Waals surface area contributed by atoms with Crippen LogP contribution in [0.1, 0.15) is 21.7 Å². The van der Waals surface area contributed by atoms with E-state index in [9.17, 15) is 18.0 Å². The van der Waals surface area contributed by atoms with Gasteiger partial charge in [-0.05, 0) is 24.3 Å². The maximum Gasteiger partial charge on any atom is 0.416 e. The second kappa shape index (κ2) is 6.64. The Hall–Kier alpha value is -2.64. The molecule has 1 aromatic carbocycles. The maximum absolute atomic E-state index is 12.6. The normalized spacial score (nSPS) is 11.2. The summed E-state index contributed by atoms with van der Waals surface area (Å²) in [4.78, 5) is 22.0. The van der Waals surface area contributed by atoms with Crippen molar-refractivity contribution in [3.63, 3.8) is 0 Å². The number of halogens is 3. The lowest BCUT2D eigenvalue weighted by Gasteiger charge is -2.12. The van der Waals surface area contributed by atoms with Crippen LogP contribution in [0.3, 0.4) is 0 Å². The number of aromatic nitrogens is 2. The fourth-order valence-corrected chi connectivity index (χ4v) is 1.82. The summed E-state index contributed by atoms with van der Waals surface area (Å²) in [7, 11) is 3.63. The second-order valence-electron chi connectivity index (χ2n) is 4.99. The van der Waals surface area contributed by atoms with Gasteiger partial charge in [0.1, 0.15) is 11.6 Å². The number of nitrogens with one attached hydrogen (secondary N) is 1. The van der Waals surface area contributed by atoms with E-state index in [2.05, 4.69) is 15.3 Å². The van der Waals surface area contributed by atoms with E-state index < -0.39 is 17.6 Å². The van der Waals surface area contributed by atoms with Gasteiger partial charge in [-0.3, -0.25) is 4.79 Å². The van der Waals surface area contributed by atoms with Crippen LogP contribution in [0.25, 0.3) is 0 Å². The predicted molar refractivity (Wildman–Crippen MR) is 79.0 cm³/mol. The Morgan fingerprint density at radius 2 is 2.00 bits per heavy atom. The zero-order valence-electron chi connectivity index (χ0n) is 12.6. The highest BCUT2D eigenvalue weighted by Crippen LogP contribution is 2.29. The third-order valence-electron chi connectivity index (χ3n) is 3.01. The van der Waals surface area contributed by atoms with Crippen LogP contribution in [-0.2, 0) is 12.7 Å². The van der Waals surface area contributed by atoms with Crippen LogP contribution in [0.5, 0.6) is 0 Å².